The Morgan fingerprint density at radius 3 is 2.65 bits per heavy atom. The van der Waals surface area contributed by atoms with Crippen molar-refractivity contribution in [2.45, 2.75) is 20.3 Å². The number of carbonyl (C=O) groups is 1. The van der Waals surface area contributed by atoms with E-state index in [1.165, 1.54) is 6.92 Å². The second kappa shape index (κ2) is 7.30. The molecule has 0 atom stereocenters. The van der Waals surface area contributed by atoms with E-state index in [0.29, 0.717) is 29.5 Å². The van der Waals surface area contributed by atoms with Crippen molar-refractivity contribution in [3.8, 4) is 5.75 Å². The maximum absolute atomic E-state index is 11.1. The summed E-state index contributed by atoms with van der Waals surface area (Å²) in [6.45, 7) is 5.29. The smallest absolute Gasteiger partial charge is 0.159 e. The molecular weight excluding hydrogens is 240 g/mol. The van der Waals surface area contributed by atoms with Crippen LogP contribution >= 0.6 is 11.6 Å². The second-order valence-electron chi connectivity index (χ2n) is 3.66. The Kier molecular flexibility index (Phi) is 6.01. The van der Waals surface area contributed by atoms with E-state index >= 15 is 0 Å². The van der Waals surface area contributed by atoms with Gasteiger partial charge in [0.15, 0.2) is 5.78 Å². The number of carbonyl (C=O) groups excluding carboxylic acids is 1. The van der Waals surface area contributed by atoms with Gasteiger partial charge in [0.2, 0.25) is 0 Å². The van der Waals surface area contributed by atoms with Crippen molar-refractivity contribution in [1.82, 2.24) is 0 Å². The van der Waals surface area contributed by atoms with Crippen LogP contribution in [0.15, 0.2) is 18.2 Å². The molecule has 4 heteroatoms. The van der Waals surface area contributed by atoms with Crippen molar-refractivity contribution in [1.29, 1.82) is 0 Å². The molecule has 1 aromatic rings. The molecule has 0 aliphatic heterocycles. The third-order valence-electron chi connectivity index (χ3n) is 2.17. The monoisotopic (exact) mass is 256 g/mol. The topological polar surface area (TPSA) is 35.5 Å². The lowest BCUT2D eigenvalue weighted by Gasteiger charge is -2.09. The lowest BCUT2D eigenvalue weighted by molar-refractivity contribution is 0.100. The van der Waals surface area contributed by atoms with Crippen LogP contribution < -0.4 is 4.74 Å². The molecule has 0 saturated carbocycles. The largest absolute Gasteiger partial charge is 0.490 e. The molecule has 0 unspecified atom stereocenters. The molecule has 0 spiro atoms. The van der Waals surface area contributed by atoms with E-state index in [1.54, 1.807) is 18.2 Å². The summed E-state index contributed by atoms with van der Waals surface area (Å²) in [7, 11) is 0. The van der Waals surface area contributed by atoms with Crippen LogP contribution in [-0.2, 0) is 4.74 Å². The number of hydrogen-bond acceptors (Lipinski definition) is 3. The standard InChI is InChI=1S/C13H17ClO3/c1-3-6-16-7-8-17-13-5-4-11(10(2)15)9-12(13)14/h4-5,9H,3,6-8H2,1-2H3. The van der Waals surface area contributed by atoms with E-state index in [9.17, 15) is 4.79 Å². The third-order valence-corrected chi connectivity index (χ3v) is 2.47. The fourth-order valence-electron chi connectivity index (χ4n) is 1.29. The van der Waals surface area contributed by atoms with Gasteiger partial charge in [0.1, 0.15) is 12.4 Å². The van der Waals surface area contributed by atoms with Crippen molar-refractivity contribution in [3.05, 3.63) is 28.8 Å². The van der Waals surface area contributed by atoms with Crippen LogP contribution in [0.1, 0.15) is 30.6 Å². The van der Waals surface area contributed by atoms with E-state index in [4.69, 9.17) is 21.1 Å². The van der Waals surface area contributed by atoms with E-state index in [2.05, 4.69) is 6.92 Å². The van der Waals surface area contributed by atoms with Gasteiger partial charge in [-0.3, -0.25) is 4.79 Å². The number of rotatable bonds is 7. The summed E-state index contributed by atoms with van der Waals surface area (Å²) in [6.07, 6.45) is 0.994. The molecule has 17 heavy (non-hydrogen) atoms. The maximum atomic E-state index is 11.1. The van der Waals surface area contributed by atoms with Gasteiger partial charge in [-0.25, -0.2) is 0 Å². The normalized spacial score (nSPS) is 10.3. The van der Waals surface area contributed by atoms with Crippen LogP contribution in [-0.4, -0.2) is 25.6 Å². The molecule has 1 aromatic carbocycles. The summed E-state index contributed by atoms with van der Waals surface area (Å²) in [4.78, 5) is 11.1. The first-order valence-corrected chi connectivity index (χ1v) is 6.04. The predicted molar refractivity (Wildman–Crippen MR) is 68.1 cm³/mol. The Morgan fingerprint density at radius 2 is 2.06 bits per heavy atom. The molecule has 0 amide bonds. The Bertz CT molecular complexity index is 377. The van der Waals surface area contributed by atoms with Crippen molar-refractivity contribution in [2.24, 2.45) is 0 Å². The van der Waals surface area contributed by atoms with Gasteiger partial charge in [-0.2, -0.15) is 0 Å². The van der Waals surface area contributed by atoms with Crippen LogP contribution in [0, 0.1) is 0 Å². The molecule has 0 fully saturated rings. The molecule has 1 rings (SSSR count). The molecule has 0 heterocycles. The van der Waals surface area contributed by atoms with Crippen molar-refractivity contribution >= 4 is 17.4 Å². The number of Topliss-reactive ketones (excluding diaryl/α,β-unsaturated/α-hetero) is 1. The van der Waals surface area contributed by atoms with Crippen LogP contribution in [0.4, 0.5) is 0 Å². The third kappa shape index (κ3) is 4.75. The fourth-order valence-corrected chi connectivity index (χ4v) is 1.53. The van der Waals surface area contributed by atoms with Crippen LogP contribution in [0.3, 0.4) is 0 Å². The highest BCUT2D eigenvalue weighted by Crippen LogP contribution is 2.25. The first-order chi connectivity index (χ1) is 8.15. The maximum Gasteiger partial charge on any atom is 0.159 e. The Morgan fingerprint density at radius 1 is 1.29 bits per heavy atom. The molecule has 0 saturated heterocycles. The highest BCUT2D eigenvalue weighted by molar-refractivity contribution is 6.32. The summed E-state index contributed by atoms with van der Waals surface area (Å²) in [5.41, 5.74) is 0.588. The minimum atomic E-state index is -0.00951. The molecule has 94 valence electrons. The van der Waals surface area contributed by atoms with E-state index in [0.717, 1.165) is 13.0 Å². The molecule has 0 N–H and O–H groups in total. The summed E-state index contributed by atoms with van der Waals surface area (Å²) in [5, 5.41) is 0.452. The SMILES string of the molecule is CCCOCCOc1ccc(C(C)=O)cc1Cl. The highest BCUT2D eigenvalue weighted by atomic mass is 35.5. The summed E-state index contributed by atoms with van der Waals surface area (Å²) in [5.74, 6) is 0.571. The predicted octanol–water partition coefficient (Wildman–Crippen LogP) is 3.35. The van der Waals surface area contributed by atoms with Gasteiger partial charge in [-0.05, 0) is 31.5 Å². The number of ether oxygens (including phenoxy) is 2. The van der Waals surface area contributed by atoms with Crippen LogP contribution in [0.25, 0.3) is 0 Å². The highest BCUT2D eigenvalue weighted by Gasteiger charge is 2.05. The quantitative estimate of drug-likeness (QED) is 0.554. The van der Waals surface area contributed by atoms with Crippen LogP contribution in [0.5, 0.6) is 5.75 Å². The molecule has 0 bridgehead atoms. The average Bonchev–Trinajstić information content (AvgIpc) is 2.30. The molecule has 0 aliphatic carbocycles. The Balaban J connectivity index is 2.46. The molecule has 0 aromatic heterocycles. The van der Waals surface area contributed by atoms with Crippen LogP contribution in [0.2, 0.25) is 5.02 Å². The minimum absolute atomic E-state index is 0.00951. The lowest BCUT2D eigenvalue weighted by Crippen LogP contribution is -2.07. The van der Waals surface area contributed by atoms with Gasteiger partial charge in [0, 0.05) is 12.2 Å². The van der Waals surface area contributed by atoms with Gasteiger partial charge in [0.25, 0.3) is 0 Å². The second-order valence-corrected chi connectivity index (χ2v) is 4.07. The van der Waals surface area contributed by atoms with Crippen molar-refractivity contribution in [3.63, 3.8) is 0 Å². The molecular formula is C13H17ClO3. The lowest BCUT2D eigenvalue weighted by atomic mass is 10.1. The number of benzene rings is 1. The van der Waals surface area contributed by atoms with Crippen molar-refractivity contribution in [2.75, 3.05) is 19.8 Å². The number of hydrogen-bond donors (Lipinski definition) is 0. The number of ketones is 1. The van der Waals surface area contributed by atoms with Gasteiger partial charge >= 0.3 is 0 Å². The minimum Gasteiger partial charge on any atom is -0.490 e. The Labute approximate surface area is 107 Å². The molecule has 3 nitrogen and oxygen atoms in total. The van der Waals surface area contributed by atoms with Gasteiger partial charge < -0.3 is 9.47 Å². The van der Waals surface area contributed by atoms with E-state index < -0.39 is 0 Å². The summed E-state index contributed by atoms with van der Waals surface area (Å²) in [6, 6.07) is 5.03. The van der Waals surface area contributed by atoms with Gasteiger partial charge in [-0.15, -0.1) is 0 Å². The fraction of sp³-hybridized carbons (Fsp3) is 0.462. The zero-order valence-electron chi connectivity index (χ0n) is 10.2. The summed E-state index contributed by atoms with van der Waals surface area (Å²) >= 11 is 6.00. The zero-order valence-corrected chi connectivity index (χ0v) is 10.9. The first kappa shape index (κ1) is 14.0. The van der Waals surface area contributed by atoms with E-state index in [1.807, 2.05) is 0 Å². The number of halogens is 1. The van der Waals surface area contributed by atoms with Crippen molar-refractivity contribution < 1.29 is 14.3 Å². The zero-order chi connectivity index (χ0) is 12.7. The first-order valence-electron chi connectivity index (χ1n) is 5.66. The molecule has 0 aliphatic rings. The van der Waals surface area contributed by atoms with Gasteiger partial charge in [0.05, 0.1) is 11.6 Å². The summed E-state index contributed by atoms with van der Waals surface area (Å²) < 4.78 is 10.7. The van der Waals surface area contributed by atoms with E-state index in [-0.39, 0.29) is 5.78 Å². The molecule has 0 radical (unpaired) electrons. The van der Waals surface area contributed by atoms with Gasteiger partial charge in [-0.1, -0.05) is 18.5 Å². The average molecular weight is 257 g/mol. The Hall–Kier alpha value is -1.06.